The van der Waals surface area contributed by atoms with Gasteiger partial charge >= 0.3 is 0 Å². The second-order valence-corrected chi connectivity index (χ2v) is 6.55. The number of nitrogens with zero attached hydrogens (tertiary/aromatic N) is 4. The summed E-state index contributed by atoms with van der Waals surface area (Å²) < 4.78 is 23.8. The van der Waals surface area contributed by atoms with Crippen molar-refractivity contribution < 1.29 is 13.3 Å². The highest BCUT2D eigenvalue weighted by Gasteiger charge is 2.13. The molecule has 0 saturated heterocycles. The number of rotatable bonds is 5. The van der Waals surface area contributed by atoms with Gasteiger partial charge in [-0.2, -0.15) is 4.98 Å². The van der Waals surface area contributed by atoms with Crippen molar-refractivity contribution in [2.24, 2.45) is 0 Å². The van der Waals surface area contributed by atoms with Crippen molar-refractivity contribution >= 4 is 23.4 Å². The van der Waals surface area contributed by atoms with Gasteiger partial charge in [0.1, 0.15) is 5.82 Å². The topological polar surface area (TPSA) is 77.8 Å². The molecule has 0 bridgehead atoms. The van der Waals surface area contributed by atoms with Crippen LogP contribution >= 0.6 is 23.4 Å². The van der Waals surface area contributed by atoms with Crippen molar-refractivity contribution in [1.29, 1.82) is 0 Å². The Hall–Kier alpha value is -2.71. The molecular formula is C17H10ClFN4O2S. The summed E-state index contributed by atoms with van der Waals surface area (Å²) in [4.78, 5) is 4.27. The number of thioether (sulfide) groups is 1. The van der Waals surface area contributed by atoms with E-state index in [4.69, 9.17) is 20.5 Å². The van der Waals surface area contributed by atoms with Crippen molar-refractivity contribution in [3.05, 3.63) is 65.3 Å². The van der Waals surface area contributed by atoms with Gasteiger partial charge in [0, 0.05) is 16.1 Å². The molecule has 0 saturated carbocycles. The number of halogens is 2. The van der Waals surface area contributed by atoms with Crippen molar-refractivity contribution in [2.45, 2.75) is 11.0 Å². The quantitative estimate of drug-likeness (QED) is 0.451. The van der Waals surface area contributed by atoms with Crippen molar-refractivity contribution in [2.75, 3.05) is 0 Å². The molecule has 9 heteroatoms. The molecule has 2 aromatic carbocycles. The van der Waals surface area contributed by atoms with E-state index in [1.807, 2.05) is 0 Å². The highest BCUT2D eigenvalue weighted by atomic mass is 35.5. The third-order valence-corrected chi connectivity index (χ3v) is 4.44. The van der Waals surface area contributed by atoms with Gasteiger partial charge in [-0.3, -0.25) is 0 Å². The van der Waals surface area contributed by atoms with Crippen LogP contribution in [0.15, 0.2) is 62.7 Å². The van der Waals surface area contributed by atoms with Crippen LogP contribution in [0.3, 0.4) is 0 Å². The van der Waals surface area contributed by atoms with E-state index in [9.17, 15) is 4.39 Å². The highest BCUT2D eigenvalue weighted by molar-refractivity contribution is 7.98. The summed E-state index contributed by atoms with van der Waals surface area (Å²) in [5, 5.41) is 12.9. The van der Waals surface area contributed by atoms with Gasteiger partial charge in [-0.1, -0.05) is 28.5 Å². The smallest absolute Gasteiger partial charge is 0.277 e. The van der Waals surface area contributed by atoms with Crippen LogP contribution in [0.1, 0.15) is 5.89 Å². The van der Waals surface area contributed by atoms with E-state index in [1.165, 1.54) is 23.9 Å². The second-order valence-electron chi connectivity index (χ2n) is 5.19. The minimum absolute atomic E-state index is 0.319. The maximum absolute atomic E-state index is 13.0. The molecule has 0 spiro atoms. The molecule has 4 aromatic rings. The zero-order valence-corrected chi connectivity index (χ0v) is 14.7. The van der Waals surface area contributed by atoms with Crippen molar-refractivity contribution in [1.82, 2.24) is 20.3 Å². The molecular weight excluding hydrogens is 379 g/mol. The van der Waals surface area contributed by atoms with Gasteiger partial charge < -0.3 is 8.94 Å². The number of benzene rings is 2. The Balaban J connectivity index is 1.42. The molecule has 0 unspecified atom stereocenters. The zero-order valence-electron chi connectivity index (χ0n) is 13.1. The predicted octanol–water partition coefficient (Wildman–Crippen LogP) is 4.87. The monoisotopic (exact) mass is 388 g/mol. The Morgan fingerprint density at radius 1 is 0.962 bits per heavy atom. The first-order chi connectivity index (χ1) is 12.7. The van der Waals surface area contributed by atoms with Gasteiger partial charge in [0.2, 0.25) is 17.6 Å². The summed E-state index contributed by atoms with van der Waals surface area (Å²) in [6, 6.07) is 13.0. The summed E-state index contributed by atoms with van der Waals surface area (Å²) in [6.45, 7) is 0. The zero-order chi connectivity index (χ0) is 17.9. The first kappa shape index (κ1) is 16.7. The summed E-state index contributed by atoms with van der Waals surface area (Å²) in [6.07, 6.45) is 0. The molecule has 0 aliphatic rings. The third kappa shape index (κ3) is 3.76. The van der Waals surface area contributed by atoms with E-state index in [1.54, 1.807) is 36.4 Å². The molecule has 6 nitrogen and oxygen atoms in total. The summed E-state index contributed by atoms with van der Waals surface area (Å²) in [5.74, 6) is 1.26. The summed E-state index contributed by atoms with van der Waals surface area (Å²) in [7, 11) is 0. The van der Waals surface area contributed by atoms with Gasteiger partial charge in [-0.15, -0.1) is 10.2 Å². The maximum atomic E-state index is 13.0. The summed E-state index contributed by atoms with van der Waals surface area (Å²) in [5.41, 5.74) is 1.46. The van der Waals surface area contributed by atoms with Crippen LogP contribution in [0.25, 0.3) is 22.8 Å². The minimum atomic E-state index is -0.319. The maximum Gasteiger partial charge on any atom is 0.277 e. The van der Waals surface area contributed by atoms with E-state index in [0.29, 0.717) is 39.2 Å². The van der Waals surface area contributed by atoms with Crippen LogP contribution in [-0.4, -0.2) is 20.3 Å². The second kappa shape index (κ2) is 7.27. The first-order valence-corrected chi connectivity index (χ1v) is 8.84. The fourth-order valence-electron chi connectivity index (χ4n) is 2.13. The highest BCUT2D eigenvalue weighted by Crippen LogP contribution is 2.26. The minimum Gasteiger partial charge on any atom is -0.411 e. The van der Waals surface area contributed by atoms with E-state index in [-0.39, 0.29) is 5.82 Å². The molecule has 26 heavy (non-hydrogen) atoms. The number of aromatic nitrogens is 4. The van der Waals surface area contributed by atoms with Crippen molar-refractivity contribution in [3.63, 3.8) is 0 Å². The van der Waals surface area contributed by atoms with Crippen LogP contribution in [-0.2, 0) is 5.75 Å². The largest absolute Gasteiger partial charge is 0.411 e. The van der Waals surface area contributed by atoms with Crippen molar-refractivity contribution in [3.8, 4) is 22.8 Å². The molecule has 0 amide bonds. The Morgan fingerprint density at radius 2 is 1.69 bits per heavy atom. The Kier molecular flexibility index (Phi) is 4.68. The lowest BCUT2D eigenvalue weighted by Gasteiger charge is -1.94. The molecule has 0 fully saturated rings. The van der Waals surface area contributed by atoms with Gasteiger partial charge in [0.05, 0.1) is 5.75 Å². The first-order valence-electron chi connectivity index (χ1n) is 7.48. The lowest BCUT2D eigenvalue weighted by molar-refractivity contribution is 0.391. The summed E-state index contributed by atoms with van der Waals surface area (Å²) >= 11 is 7.14. The fourth-order valence-corrected chi connectivity index (χ4v) is 2.86. The third-order valence-electron chi connectivity index (χ3n) is 3.39. The molecule has 0 radical (unpaired) electrons. The Labute approximate surface area is 156 Å². The Bertz CT molecular complexity index is 934. The van der Waals surface area contributed by atoms with Gasteiger partial charge in [-0.05, 0) is 48.5 Å². The molecule has 0 atom stereocenters. The molecule has 2 heterocycles. The normalized spacial score (nSPS) is 11.0. The molecule has 130 valence electrons. The average Bonchev–Trinajstić information content (AvgIpc) is 3.31. The van der Waals surface area contributed by atoms with Crippen LogP contribution in [0, 0.1) is 5.82 Å². The predicted molar refractivity (Wildman–Crippen MR) is 94.0 cm³/mol. The molecule has 4 rings (SSSR count). The van der Waals surface area contributed by atoms with E-state index < -0.39 is 0 Å². The van der Waals surface area contributed by atoms with Crippen LogP contribution in [0.2, 0.25) is 5.02 Å². The van der Waals surface area contributed by atoms with Gasteiger partial charge in [-0.25, -0.2) is 4.39 Å². The van der Waals surface area contributed by atoms with E-state index in [2.05, 4.69) is 20.3 Å². The van der Waals surface area contributed by atoms with Crippen LogP contribution in [0.5, 0.6) is 0 Å². The van der Waals surface area contributed by atoms with Gasteiger partial charge in [0.25, 0.3) is 5.22 Å². The Morgan fingerprint density at radius 3 is 2.46 bits per heavy atom. The van der Waals surface area contributed by atoms with Crippen LogP contribution in [0.4, 0.5) is 4.39 Å². The standard InChI is InChI=1S/C17H10ClFN4O2S/c18-12-5-1-11(2-6-12)16-21-22-17(24-16)26-9-14-20-15(23-25-14)10-3-7-13(19)8-4-10/h1-8H,9H2. The molecule has 0 aliphatic heterocycles. The number of hydrogen-bond acceptors (Lipinski definition) is 7. The van der Waals surface area contributed by atoms with Gasteiger partial charge in [0.15, 0.2) is 0 Å². The molecule has 0 aliphatic carbocycles. The molecule has 0 N–H and O–H groups in total. The van der Waals surface area contributed by atoms with Crippen LogP contribution < -0.4 is 0 Å². The van der Waals surface area contributed by atoms with E-state index in [0.717, 1.165) is 5.56 Å². The SMILES string of the molecule is Fc1ccc(-c2noc(CSc3nnc(-c4ccc(Cl)cc4)o3)n2)cc1. The lowest BCUT2D eigenvalue weighted by atomic mass is 10.2. The fraction of sp³-hybridized carbons (Fsp3) is 0.0588. The lowest BCUT2D eigenvalue weighted by Crippen LogP contribution is -1.83. The molecule has 2 aromatic heterocycles. The van der Waals surface area contributed by atoms with E-state index >= 15 is 0 Å². The average molecular weight is 389 g/mol. The number of hydrogen-bond donors (Lipinski definition) is 0.